The van der Waals surface area contributed by atoms with Crippen LogP contribution in [0.1, 0.15) is 19.8 Å². The van der Waals surface area contributed by atoms with E-state index < -0.39 is 15.1 Å². The molecule has 0 radical (unpaired) electrons. The Morgan fingerprint density at radius 3 is 2.60 bits per heavy atom. The van der Waals surface area contributed by atoms with Crippen LogP contribution in [0.25, 0.3) is 0 Å². The molecule has 4 nitrogen and oxygen atoms in total. The molecule has 1 aromatic heterocycles. The average Bonchev–Trinajstić information content (AvgIpc) is 2.27. The van der Waals surface area contributed by atoms with Crippen LogP contribution in [0.5, 0.6) is 0 Å². The maximum atomic E-state index is 11.9. The van der Waals surface area contributed by atoms with Gasteiger partial charge in [-0.1, -0.05) is 6.08 Å². The van der Waals surface area contributed by atoms with Gasteiger partial charge < -0.3 is 0 Å². The second-order valence-corrected chi connectivity index (χ2v) is 5.51. The molecule has 0 fully saturated rings. The van der Waals surface area contributed by atoms with Gasteiger partial charge in [0.05, 0.1) is 5.25 Å². The van der Waals surface area contributed by atoms with Crippen molar-refractivity contribution < 1.29 is 8.42 Å². The van der Waals surface area contributed by atoms with Crippen molar-refractivity contribution in [1.82, 2.24) is 9.97 Å². The average molecular weight is 226 g/mol. The highest BCUT2D eigenvalue weighted by molar-refractivity contribution is 7.91. The summed E-state index contributed by atoms with van der Waals surface area (Å²) >= 11 is 0. The molecular weight excluding hydrogens is 212 g/mol. The van der Waals surface area contributed by atoms with Crippen molar-refractivity contribution in [2.24, 2.45) is 0 Å². The topological polar surface area (TPSA) is 59.9 Å². The van der Waals surface area contributed by atoms with E-state index in [2.05, 4.69) is 16.5 Å². The fraction of sp³-hybridized carbons (Fsp3) is 0.400. The fourth-order valence-corrected chi connectivity index (χ4v) is 2.34. The van der Waals surface area contributed by atoms with Gasteiger partial charge in [0.15, 0.2) is 0 Å². The lowest BCUT2D eigenvalue weighted by atomic mass is 10.2. The first-order valence-electron chi connectivity index (χ1n) is 4.71. The van der Waals surface area contributed by atoms with E-state index in [9.17, 15) is 8.42 Å². The largest absolute Gasteiger partial charge is 0.247 e. The van der Waals surface area contributed by atoms with Crippen molar-refractivity contribution >= 4 is 9.84 Å². The highest BCUT2D eigenvalue weighted by Gasteiger charge is 2.24. The minimum Gasteiger partial charge on any atom is -0.227 e. The molecule has 1 atom stereocenters. The third-order valence-electron chi connectivity index (χ3n) is 2.10. The molecule has 15 heavy (non-hydrogen) atoms. The van der Waals surface area contributed by atoms with Gasteiger partial charge in [-0.05, 0) is 25.8 Å². The summed E-state index contributed by atoms with van der Waals surface area (Å²) in [7, 11) is -3.38. The first-order valence-corrected chi connectivity index (χ1v) is 6.25. The lowest BCUT2D eigenvalue weighted by molar-refractivity contribution is 0.569. The molecule has 0 aromatic carbocycles. The Labute approximate surface area is 90.0 Å². The molecular formula is C10H14N2O2S. The Morgan fingerprint density at radius 2 is 2.07 bits per heavy atom. The molecule has 0 saturated heterocycles. The van der Waals surface area contributed by atoms with Gasteiger partial charge in [0, 0.05) is 12.4 Å². The molecule has 0 saturated carbocycles. The summed E-state index contributed by atoms with van der Waals surface area (Å²) in [5.74, 6) is 0. The minimum absolute atomic E-state index is 0.0958. The molecule has 1 aromatic rings. The van der Waals surface area contributed by atoms with Gasteiger partial charge in [0.25, 0.3) is 0 Å². The number of allylic oxidation sites excluding steroid dienone is 1. The van der Waals surface area contributed by atoms with Crippen LogP contribution in [0.15, 0.2) is 36.3 Å². The first kappa shape index (κ1) is 11.8. The van der Waals surface area contributed by atoms with Gasteiger partial charge in [-0.25, -0.2) is 18.4 Å². The van der Waals surface area contributed by atoms with Gasteiger partial charge in [-0.15, -0.1) is 6.58 Å². The molecule has 1 rings (SSSR count). The number of hydrogen-bond acceptors (Lipinski definition) is 4. The summed E-state index contributed by atoms with van der Waals surface area (Å²) in [6.07, 6.45) is 5.79. The third kappa shape index (κ3) is 2.86. The van der Waals surface area contributed by atoms with E-state index in [-0.39, 0.29) is 5.16 Å². The molecule has 0 aliphatic carbocycles. The van der Waals surface area contributed by atoms with Gasteiger partial charge in [-0.3, -0.25) is 0 Å². The second-order valence-electron chi connectivity index (χ2n) is 3.25. The maximum absolute atomic E-state index is 11.9. The lowest BCUT2D eigenvalue weighted by Gasteiger charge is -2.09. The number of nitrogens with zero attached hydrogens (tertiary/aromatic N) is 2. The Hall–Kier alpha value is -1.23. The van der Waals surface area contributed by atoms with E-state index in [1.54, 1.807) is 19.1 Å². The monoisotopic (exact) mass is 226 g/mol. The molecule has 0 aliphatic rings. The second kappa shape index (κ2) is 5.02. The number of rotatable bonds is 5. The number of hydrogen-bond donors (Lipinski definition) is 0. The molecule has 1 heterocycles. The maximum Gasteiger partial charge on any atom is 0.247 e. The standard InChI is InChI=1S/C10H14N2O2S/c1-3-4-6-9(2)15(13,14)10-11-7-5-8-12-10/h3,5,7-9H,1,4,6H2,2H3. The highest BCUT2D eigenvalue weighted by atomic mass is 32.2. The van der Waals surface area contributed by atoms with Crippen molar-refractivity contribution in [3.63, 3.8) is 0 Å². The molecule has 0 amide bonds. The minimum atomic E-state index is -3.38. The van der Waals surface area contributed by atoms with E-state index >= 15 is 0 Å². The molecule has 0 N–H and O–H groups in total. The molecule has 0 spiro atoms. The zero-order valence-electron chi connectivity index (χ0n) is 8.63. The van der Waals surface area contributed by atoms with Gasteiger partial charge in [0.1, 0.15) is 0 Å². The Morgan fingerprint density at radius 1 is 1.47 bits per heavy atom. The van der Waals surface area contributed by atoms with Crippen LogP contribution in [-0.4, -0.2) is 23.6 Å². The quantitative estimate of drug-likeness (QED) is 0.565. The van der Waals surface area contributed by atoms with Crippen molar-refractivity contribution in [2.45, 2.75) is 30.2 Å². The summed E-state index contributed by atoms with van der Waals surface area (Å²) in [5, 5.41) is -0.570. The normalized spacial score (nSPS) is 13.4. The predicted molar refractivity (Wildman–Crippen MR) is 58.1 cm³/mol. The summed E-state index contributed by atoms with van der Waals surface area (Å²) in [4.78, 5) is 7.51. The van der Waals surface area contributed by atoms with E-state index in [4.69, 9.17) is 0 Å². The van der Waals surface area contributed by atoms with Crippen LogP contribution in [-0.2, 0) is 9.84 Å². The summed E-state index contributed by atoms with van der Waals surface area (Å²) in [6.45, 7) is 5.22. The van der Waals surface area contributed by atoms with E-state index in [0.29, 0.717) is 12.8 Å². The summed E-state index contributed by atoms with van der Waals surface area (Å²) < 4.78 is 23.8. The summed E-state index contributed by atoms with van der Waals surface area (Å²) in [5.41, 5.74) is 0. The van der Waals surface area contributed by atoms with Crippen molar-refractivity contribution in [3.05, 3.63) is 31.1 Å². The van der Waals surface area contributed by atoms with E-state index in [0.717, 1.165) is 0 Å². The van der Waals surface area contributed by atoms with Crippen molar-refractivity contribution in [3.8, 4) is 0 Å². The first-order chi connectivity index (χ1) is 7.09. The molecule has 1 unspecified atom stereocenters. The summed E-state index contributed by atoms with van der Waals surface area (Å²) in [6, 6.07) is 1.59. The van der Waals surface area contributed by atoms with Crippen molar-refractivity contribution in [2.75, 3.05) is 0 Å². The SMILES string of the molecule is C=CCCC(C)S(=O)(=O)c1ncccn1. The van der Waals surface area contributed by atoms with E-state index in [1.807, 2.05) is 0 Å². The van der Waals surface area contributed by atoms with Gasteiger partial charge in [0.2, 0.25) is 15.0 Å². The van der Waals surface area contributed by atoms with Gasteiger partial charge in [-0.2, -0.15) is 0 Å². The predicted octanol–water partition coefficient (Wildman–Crippen LogP) is 1.60. The highest BCUT2D eigenvalue weighted by Crippen LogP contribution is 2.14. The Kier molecular flexibility index (Phi) is 3.96. The Balaban J connectivity index is 2.88. The van der Waals surface area contributed by atoms with Crippen LogP contribution in [0, 0.1) is 0 Å². The molecule has 82 valence electrons. The number of aromatic nitrogens is 2. The van der Waals surface area contributed by atoms with Crippen LogP contribution in [0.3, 0.4) is 0 Å². The zero-order valence-corrected chi connectivity index (χ0v) is 9.44. The molecule has 0 bridgehead atoms. The Bertz CT molecular complexity index is 414. The smallest absolute Gasteiger partial charge is 0.227 e. The number of sulfone groups is 1. The van der Waals surface area contributed by atoms with Crippen molar-refractivity contribution in [1.29, 1.82) is 0 Å². The fourth-order valence-electron chi connectivity index (χ4n) is 1.12. The lowest BCUT2D eigenvalue weighted by Crippen LogP contribution is -2.20. The molecule has 0 aliphatic heterocycles. The van der Waals surface area contributed by atoms with Crippen LogP contribution in [0.2, 0.25) is 0 Å². The van der Waals surface area contributed by atoms with Crippen LogP contribution < -0.4 is 0 Å². The van der Waals surface area contributed by atoms with E-state index in [1.165, 1.54) is 12.4 Å². The van der Waals surface area contributed by atoms with Gasteiger partial charge >= 0.3 is 0 Å². The third-order valence-corrected chi connectivity index (χ3v) is 4.12. The van der Waals surface area contributed by atoms with Crippen LogP contribution in [0.4, 0.5) is 0 Å². The van der Waals surface area contributed by atoms with Crippen LogP contribution >= 0.6 is 0 Å². The zero-order chi connectivity index (χ0) is 11.3. The molecule has 5 heteroatoms.